The van der Waals surface area contributed by atoms with Crippen molar-refractivity contribution in [3.8, 4) is 11.1 Å². The molecule has 1 saturated carbocycles. The summed E-state index contributed by atoms with van der Waals surface area (Å²) in [6, 6.07) is 16.8. The van der Waals surface area contributed by atoms with Gasteiger partial charge in [0.2, 0.25) is 0 Å². The largest absolute Gasteiger partial charge is 0.481 e. The second-order valence-electron chi connectivity index (χ2n) is 7.46. The highest BCUT2D eigenvalue weighted by Crippen LogP contribution is 2.34. The highest BCUT2D eigenvalue weighted by atomic mass is 16.4. The molecule has 1 aliphatic carbocycles. The summed E-state index contributed by atoms with van der Waals surface area (Å²) in [5, 5.41) is 9.34. The minimum atomic E-state index is -0.858. The van der Waals surface area contributed by atoms with E-state index in [-0.39, 0.29) is 0 Å². The van der Waals surface area contributed by atoms with Crippen molar-refractivity contribution in [1.82, 2.24) is 0 Å². The Bertz CT molecular complexity index is 690. The number of carbonyl (C=O) groups is 1. The van der Waals surface area contributed by atoms with Gasteiger partial charge in [0.25, 0.3) is 0 Å². The van der Waals surface area contributed by atoms with E-state index < -0.39 is 11.4 Å². The summed E-state index contributed by atoms with van der Waals surface area (Å²) in [4.78, 5) is 11.4. The molecule has 0 amide bonds. The Morgan fingerprint density at radius 1 is 0.875 bits per heavy atom. The average Bonchev–Trinajstić information content (AvgIpc) is 2.62. The molecule has 0 saturated heterocycles. The van der Waals surface area contributed by atoms with Gasteiger partial charge in [0.05, 0.1) is 5.41 Å². The molecule has 0 bridgehead atoms. The first-order valence-electron chi connectivity index (χ1n) is 8.93. The Hall–Kier alpha value is -2.09. The normalized spacial score (nSPS) is 16.1. The van der Waals surface area contributed by atoms with Crippen molar-refractivity contribution in [2.45, 2.75) is 57.3 Å². The molecule has 3 rings (SSSR count). The minimum Gasteiger partial charge on any atom is -0.481 e. The first kappa shape index (κ1) is 16.8. The molecule has 126 valence electrons. The van der Waals surface area contributed by atoms with Gasteiger partial charge >= 0.3 is 5.97 Å². The molecular formula is C22H26O2. The zero-order valence-corrected chi connectivity index (χ0v) is 14.6. The molecule has 0 radical (unpaired) electrons. The van der Waals surface area contributed by atoms with Crippen LogP contribution in [-0.2, 0) is 10.2 Å². The van der Waals surface area contributed by atoms with E-state index in [1.807, 2.05) is 24.3 Å². The maximum Gasteiger partial charge on any atom is 0.313 e. The molecule has 2 nitrogen and oxygen atoms in total. The van der Waals surface area contributed by atoms with E-state index >= 15 is 0 Å². The van der Waals surface area contributed by atoms with Crippen LogP contribution in [0, 0.1) is 0 Å². The zero-order chi connectivity index (χ0) is 17.2. The number of hydrogen-bond acceptors (Lipinski definition) is 1. The molecule has 24 heavy (non-hydrogen) atoms. The lowest BCUT2D eigenvalue weighted by molar-refractivity contribution is -0.142. The van der Waals surface area contributed by atoms with Crippen LogP contribution in [0.5, 0.6) is 0 Å². The number of aliphatic carboxylic acids is 1. The number of carboxylic acid groups (broad SMARTS) is 1. The van der Waals surface area contributed by atoms with E-state index in [2.05, 4.69) is 24.3 Å². The molecule has 0 aliphatic heterocycles. The predicted molar refractivity (Wildman–Crippen MR) is 98.4 cm³/mol. The molecular weight excluding hydrogens is 296 g/mol. The summed E-state index contributed by atoms with van der Waals surface area (Å²) in [5.41, 5.74) is 3.76. The Morgan fingerprint density at radius 2 is 1.38 bits per heavy atom. The average molecular weight is 322 g/mol. The lowest BCUT2D eigenvalue weighted by Gasteiger charge is -2.22. The van der Waals surface area contributed by atoms with Crippen LogP contribution in [0.25, 0.3) is 11.1 Å². The van der Waals surface area contributed by atoms with E-state index in [4.69, 9.17) is 0 Å². The van der Waals surface area contributed by atoms with Gasteiger partial charge in [-0.05, 0) is 54.9 Å². The van der Waals surface area contributed by atoms with Gasteiger partial charge in [-0.2, -0.15) is 0 Å². The summed E-state index contributed by atoms with van der Waals surface area (Å²) in [7, 11) is 0. The van der Waals surface area contributed by atoms with Gasteiger partial charge in [0, 0.05) is 0 Å². The molecule has 2 heteroatoms. The van der Waals surface area contributed by atoms with Crippen molar-refractivity contribution in [3.05, 3.63) is 59.7 Å². The quantitative estimate of drug-likeness (QED) is 0.776. The second kappa shape index (κ2) is 6.80. The SMILES string of the molecule is CC(C)(C(=O)O)c1ccc(-c2ccc(C3CCCCC3)cc2)cc1. The third kappa shape index (κ3) is 3.38. The van der Waals surface area contributed by atoms with Crippen molar-refractivity contribution >= 4 is 5.97 Å². The molecule has 0 unspecified atom stereocenters. The number of carboxylic acids is 1. The molecule has 2 aromatic carbocycles. The van der Waals surface area contributed by atoms with E-state index in [1.54, 1.807) is 13.8 Å². The fraction of sp³-hybridized carbons (Fsp3) is 0.409. The maximum absolute atomic E-state index is 11.4. The molecule has 1 fully saturated rings. The summed E-state index contributed by atoms with van der Waals surface area (Å²) in [6.07, 6.45) is 6.73. The van der Waals surface area contributed by atoms with Gasteiger partial charge < -0.3 is 5.11 Å². The number of rotatable bonds is 4. The third-order valence-electron chi connectivity index (χ3n) is 5.46. The van der Waals surface area contributed by atoms with E-state index in [0.717, 1.165) is 17.0 Å². The van der Waals surface area contributed by atoms with Crippen molar-refractivity contribution < 1.29 is 9.90 Å². The molecule has 1 aliphatic rings. The predicted octanol–water partition coefficient (Wildman–Crippen LogP) is 5.76. The minimum absolute atomic E-state index is 0.728. The van der Waals surface area contributed by atoms with Crippen LogP contribution >= 0.6 is 0 Å². The fourth-order valence-electron chi connectivity index (χ4n) is 3.59. The molecule has 0 aromatic heterocycles. The molecule has 0 heterocycles. The van der Waals surface area contributed by atoms with Gasteiger partial charge in [-0.3, -0.25) is 4.79 Å². The molecule has 0 atom stereocenters. The van der Waals surface area contributed by atoms with Crippen molar-refractivity contribution in [3.63, 3.8) is 0 Å². The van der Waals surface area contributed by atoms with E-state index in [0.29, 0.717) is 0 Å². The van der Waals surface area contributed by atoms with Crippen LogP contribution in [0.2, 0.25) is 0 Å². The van der Waals surface area contributed by atoms with Crippen molar-refractivity contribution in [1.29, 1.82) is 0 Å². The first-order chi connectivity index (χ1) is 11.5. The topological polar surface area (TPSA) is 37.3 Å². The zero-order valence-electron chi connectivity index (χ0n) is 14.6. The lowest BCUT2D eigenvalue weighted by atomic mass is 9.83. The fourth-order valence-corrected chi connectivity index (χ4v) is 3.59. The lowest BCUT2D eigenvalue weighted by Crippen LogP contribution is -2.28. The Kier molecular flexibility index (Phi) is 4.75. The van der Waals surface area contributed by atoms with Crippen LogP contribution in [0.15, 0.2) is 48.5 Å². The Labute approximate surface area is 144 Å². The summed E-state index contributed by atoms with van der Waals surface area (Å²) < 4.78 is 0. The Balaban J connectivity index is 1.78. The molecule has 0 spiro atoms. The highest BCUT2D eigenvalue weighted by molar-refractivity contribution is 5.80. The van der Waals surface area contributed by atoms with Crippen LogP contribution < -0.4 is 0 Å². The summed E-state index contributed by atoms with van der Waals surface area (Å²) in [5.74, 6) is -0.0707. The van der Waals surface area contributed by atoms with E-state index in [9.17, 15) is 9.90 Å². The van der Waals surface area contributed by atoms with Gasteiger partial charge in [0.1, 0.15) is 0 Å². The van der Waals surface area contributed by atoms with Crippen molar-refractivity contribution in [2.75, 3.05) is 0 Å². The first-order valence-corrected chi connectivity index (χ1v) is 8.93. The van der Waals surface area contributed by atoms with Crippen LogP contribution in [0.1, 0.15) is 63.0 Å². The van der Waals surface area contributed by atoms with Gasteiger partial charge in [-0.15, -0.1) is 0 Å². The summed E-state index contributed by atoms with van der Waals surface area (Å²) >= 11 is 0. The smallest absolute Gasteiger partial charge is 0.313 e. The Morgan fingerprint density at radius 3 is 1.88 bits per heavy atom. The maximum atomic E-state index is 11.4. The summed E-state index contributed by atoms with van der Waals surface area (Å²) in [6.45, 7) is 3.48. The third-order valence-corrected chi connectivity index (χ3v) is 5.46. The standard InChI is InChI=1S/C22H26O2/c1-22(2,21(23)24)20-14-12-19(13-15-20)18-10-8-17(9-11-18)16-6-4-3-5-7-16/h8-16H,3-7H2,1-2H3,(H,23,24). The highest BCUT2D eigenvalue weighted by Gasteiger charge is 2.29. The number of benzene rings is 2. The van der Waals surface area contributed by atoms with Gasteiger partial charge in [-0.1, -0.05) is 67.8 Å². The second-order valence-corrected chi connectivity index (χ2v) is 7.46. The van der Waals surface area contributed by atoms with Crippen molar-refractivity contribution in [2.24, 2.45) is 0 Å². The molecule has 2 aromatic rings. The van der Waals surface area contributed by atoms with Gasteiger partial charge in [-0.25, -0.2) is 0 Å². The van der Waals surface area contributed by atoms with Gasteiger partial charge in [0.15, 0.2) is 0 Å². The van der Waals surface area contributed by atoms with E-state index in [1.165, 1.54) is 43.2 Å². The van der Waals surface area contributed by atoms with Crippen LogP contribution in [0.3, 0.4) is 0 Å². The number of hydrogen-bond donors (Lipinski definition) is 1. The molecule has 1 N–H and O–H groups in total. The van der Waals surface area contributed by atoms with Crippen LogP contribution in [0.4, 0.5) is 0 Å². The van der Waals surface area contributed by atoms with Crippen LogP contribution in [-0.4, -0.2) is 11.1 Å². The monoisotopic (exact) mass is 322 g/mol.